The van der Waals surface area contributed by atoms with Crippen molar-refractivity contribution in [3.63, 3.8) is 0 Å². The molecule has 0 aliphatic heterocycles. The smallest absolute Gasteiger partial charge is 0.387 e. The molecule has 0 aliphatic carbocycles. The van der Waals surface area contributed by atoms with Crippen LogP contribution < -0.4 is 10.1 Å². The third kappa shape index (κ3) is 5.06. The summed E-state index contributed by atoms with van der Waals surface area (Å²) in [6.07, 6.45) is 0.617. The first kappa shape index (κ1) is 16.9. The summed E-state index contributed by atoms with van der Waals surface area (Å²) in [5.74, 6) is 0.00803. The first-order chi connectivity index (χ1) is 11.0. The van der Waals surface area contributed by atoms with Crippen LogP contribution in [0, 0.1) is 13.8 Å². The second-order valence-electron chi connectivity index (χ2n) is 5.33. The van der Waals surface area contributed by atoms with Crippen molar-refractivity contribution >= 4 is 5.91 Å². The summed E-state index contributed by atoms with van der Waals surface area (Å²) >= 11 is 0. The number of hydrogen-bond donors (Lipinski definition) is 1. The average Bonchev–Trinajstić information content (AvgIpc) is 2.51. The molecule has 0 aromatic heterocycles. The van der Waals surface area contributed by atoms with Crippen LogP contribution >= 0.6 is 0 Å². The number of alkyl halides is 2. The number of ether oxygens (including phenoxy) is 1. The monoisotopic (exact) mass is 319 g/mol. The Kier molecular flexibility index (Phi) is 5.68. The molecule has 2 rings (SSSR count). The van der Waals surface area contributed by atoms with Crippen molar-refractivity contribution < 1.29 is 18.3 Å². The van der Waals surface area contributed by atoms with E-state index in [1.807, 2.05) is 26.0 Å². The largest absolute Gasteiger partial charge is 0.435 e. The van der Waals surface area contributed by atoms with Crippen LogP contribution in [0.5, 0.6) is 5.75 Å². The van der Waals surface area contributed by atoms with E-state index >= 15 is 0 Å². The van der Waals surface area contributed by atoms with Gasteiger partial charge in [-0.2, -0.15) is 8.78 Å². The Morgan fingerprint density at radius 3 is 2.39 bits per heavy atom. The molecule has 2 aromatic rings. The van der Waals surface area contributed by atoms with Gasteiger partial charge < -0.3 is 10.1 Å². The van der Waals surface area contributed by atoms with E-state index in [4.69, 9.17) is 0 Å². The van der Waals surface area contributed by atoms with Crippen molar-refractivity contribution in [3.05, 3.63) is 64.7 Å². The highest BCUT2D eigenvalue weighted by molar-refractivity contribution is 5.94. The summed E-state index contributed by atoms with van der Waals surface area (Å²) in [5, 5.41) is 2.85. The SMILES string of the molecule is Cc1ccc(C(=O)NCCc2ccc(OC(F)F)cc2)cc1C. The number of benzene rings is 2. The van der Waals surface area contributed by atoms with Crippen molar-refractivity contribution in [2.45, 2.75) is 26.9 Å². The molecule has 0 atom stereocenters. The lowest BCUT2D eigenvalue weighted by molar-refractivity contribution is -0.0498. The number of carbonyl (C=O) groups is 1. The van der Waals surface area contributed by atoms with Gasteiger partial charge in [0.15, 0.2) is 0 Å². The highest BCUT2D eigenvalue weighted by Crippen LogP contribution is 2.15. The van der Waals surface area contributed by atoms with E-state index in [1.54, 1.807) is 18.2 Å². The molecule has 0 radical (unpaired) electrons. The minimum Gasteiger partial charge on any atom is -0.435 e. The van der Waals surface area contributed by atoms with Gasteiger partial charge in [0.05, 0.1) is 0 Å². The van der Waals surface area contributed by atoms with Gasteiger partial charge >= 0.3 is 6.61 Å². The fraction of sp³-hybridized carbons (Fsp3) is 0.278. The number of hydrogen-bond acceptors (Lipinski definition) is 2. The predicted molar refractivity (Wildman–Crippen MR) is 85.0 cm³/mol. The van der Waals surface area contributed by atoms with E-state index in [0.717, 1.165) is 16.7 Å². The summed E-state index contributed by atoms with van der Waals surface area (Å²) in [6.45, 7) is 1.62. The minimum absolute atomic E-state index is 0.120. The zero-order valence-corrected chi connectivity index (χ0v) is 13.1. The standard InChI is InChI=1S/C18H19F2NO2/c1-12-3-6-15(11-13(12)2)17(22)21-10-9-14-4-7-16(8-5-14)23-18(19)20/h3-8,11,18H,9-10H2,1-2H3,(H,21,22). The predicted octanol–water partition coefficient (Wildman–Crippen LogP) is 3.88. The van der Waals surface area contributed by atoms with Crippen molar-refractivity contribution in [3.8, 4) is 5.75 Å². The number of rotatable bonds is 6. The maximum absolute atomic E-state index is 12.1. The first-order valence-electron chi connectivity index (χ1n) is 7.35. The molecule has 2 aromatic carbocycles. The Morgan fingerprint density at radius 1 is 1.09 bits per heavy atom. The highest BCUT2D eigenvalue weighted by atomic mass is 19.3. The Hall–Kier alpha value is -2.43. The molecule has 0 aliphatic rings. The normalized spacial score (nSPS) is 10.7. The fourth-order valence-corrected chi connectivity index (χ4v) is 2.14. The number of carbonyl (C=O) groups excluding carboxylic acids is 1. The molecule has 23 heavy (non-hydrogen) atoms. The van der Waals surface area contributed by atoms with E-state index in [1.165, 1.54) is 12.1 Å². The zero-order chi connectivity index (χ0) is 16.8. The molecule has 0 fully saturated rings. The molecule has 0 saturated heterocycles. The van der Waals surface area contributed by atoms with Gasteiger partial charge in [-0.15, -0.1) is 0 Å². The van der Waals surface area contributed by atoms with E-state index in [-0.39, 0.29) is 11.7 Å². The van der Waals surface area contributed by atoms with Crippen LogP contribution in [-0.2, 0) is 6.42 Å². The maximum atomic E-state index is 12.1. The zero-order valence-electron chi connectivity index (χ0n) is 13.1. The molecule has 122 valence electrons. The van der Waals surface area contributed by atoms with Gasteiger partial charge in [-0.05, 0) is 61.2 Å². The van der Waals surface area contributed by atoms with Gasteiger partial charge in [0.2, 0.25) is 0 Å². The van der Waals surface area contributed by atoms with Crippen LogP contribution in [0.3, 0.4) is 0 Å². The number of amides is 1. The van der Waals surface area contributed by atoms with Gasteiger partial charge in [0.1, 0.15) is 5.75 Å². The molecule has 3 nitrogen and oxygen atoms in total. The third-order valence-corrected chi connectivity index (χ3v) is 3.62. The summed E-state index contributed by atoms with van der Waals surface area (Å²) in [7, 11) is 0. The van der Waals surface area contributed by atoms with E-state index in [9.17, 15) is 13.6 Å². The van der Waals surface area contributed by atoms with Crippen LogP contribution in [0.1, 0.15) is 27.0 Å². The van der Waals surface area contributed by atoms with Gasteiger partial charge in [-0.1, -0.05) is 18.2 Å². The molecule has 1 amide bonds. The van der Waals surface area contributed by atoms with Crippen LogP contribution in [0.4, 0.5) is 8.78 Å². The summed E-state index contributed by atoms with van der Waals surface area (Å²) in [5.41, 5.74) is 3.79. The second kappa shape index (κ2) is 7.72. The first-order valence-corrected chi connectivity index (χ1v) is 7.35. The Labute approximate surface area is 134 Å². The van der Waals surface area contributed by atoms with Crippen LogP contribution in [0.25, 0.3) is 0 Å². The molecule has 0 unspecified atom stereocenters. The van der Waals surface area contributed by atoms with Crippen molar-refractivity contribution in [2.75, 3.05) is 6.54 Å². The molecule has 0 bridgehead atoms. The number of aryl methyl sites for hydroxylation is 2. The van der Waals surface area contributed by atoms with Gasteiger partial charge in [0.25, 0.3) is 5.91 Å². The van der Waals surface area contributed by atoms with Gasteiger partial charge in [-0.25, -0.2) is 0 Å². The minimum atomic E-state index is -2.82. The van der Waals surface area contributed by atoms with Crippen LogP contribution in [0.2, 0.25) is 0 Å². The average molecular weight is 319 g/mol. The number of halogens is 2. The fourth-order valence-electron chi connectivity index (χ4n) is 2.14. The van der Waals surface area contributed by atoms with Crippen LogP contribution in [0.15, 0.2) is 42.5 Å². The van der Waals surface area contributed by atoms with E-state index in [0.29, 0.717) is 18.5 Å². The molecule has 0 saturated carbocycles. The molecule has 1 N–H and O–H groups in total. The molecular formula is C18H19F2NO2. The summed E-state index contributed by atoms with van der Waals surface area (Å²) in [6, 6.07) is 12.0. The Bertz CT molecular complexity index is 669. The molecular weight excluding hydrogens is 300 g/mol. The Morgan fingerprint density at radius 2 is 1.78 bits per heavy atom. The molecule has 0 heterocycles. The maximum Gasteiger partial charge on any atom is 0.387 e. The van der Waals surface area contributed by atoms with E-state index in [2.05, 4.69) is 10.1 Å². The van der Waals surface area contributed by atoms with E-state index < -0.39 is 6.61 Å². The molecule has 5 heteroatoms. The van der Waals surface area contributed by atoms with Crippen molar-refractivity contribution in [2.24, 2.45) is 0 Å². The molecule has 0 spiro atoms. The summed E-state index contributed by atoms with van der Waals surface area (Å²) in [4.78, 5) is 12.1. The lowest BCUT2D eigenvalue weighted by Gasteiger charge is -2.08. The lowest BCUT2D eigenvalue weighted by Crippen LogP contribution is -2.25. The topological polar surface area (TPSA) is 38.3 Å². The quantitative estimate of drug-likeness (QED) is 0.877. The Balaban J connectivity index is 1.84. The summed E-state index contributed by atoms with van der Waals surface area (Å²) < 4.78 is 28.4. The van der Waals surface area contributed by atoms with Gasteiger partial charge in [0, 0.05) is 12.1 Å². The highest BCUT2D eigenvalue weighted by Gasteiger charge is 2.07. The lowest BCUT2D eigenvalue weighted by atomic mass is 10.1. The van der Waals surface area contributed by atoms with Gasteiger partial charge in [-0.3, -0.25) is 4.79 Å². The third-order valence-electron chi connectivity index (χ3n) is 3.62. The van der Waals surface area contributed by atoms with Crippen LogP contribution in [-0.4, -0.2) is 19.1 Å². The van der Waals surface area contributed by atoms with Crippen molar-refractivity contribution in [1.29, 1.82) is 0 Å². The number of nitrogens with one attached hydrogen (secondary N) is 1. The second-order valence-corrected chi connectivity index (χ2v) is 5.33. The van der Waals surface area contributed by atoms with Crippen molar-refractivity contribution in [1.82, 2.24) is 5.32 Å².